The minimum atomic E-state index is -1.27. The summed E-state index contributed by atoms with van der Waals surface area (Å²) in [6.45, 7) is 1.35. The van der Waals surface area contributed by atoms with Gasteiger partial charge in [0.05, 0.1) is 11.5 Å². The fraction of sp³-hybridized carbons (Fsp3) is 0.429. The number of carbonyl (C=O) groups excluding carboxylic acids is 1. The zero-order valence-corrected chi connectivity index (χ0v) is 10.7. The Kier molecular flexibility index (Phi) is 3.57. The van der Waals surface area contributed by atoms with E-state index in [0.29, 0.717) is 12.8 Å². The number of hydrogen-bond donors (Lipinski definition) is 3. The molecule has 0 aromatic heterocycles. The molecule has 19 heavy (non-hydrogen) atoms. The lowest BCUT2D eigenvalue weighted by Gasteiger charge is -2.21. The first-order valence-electron chi connectivity index (χ1n) is 6.25. The van der Waals surface area contributed by atoms with Gasteiger partial charge in [0.2, 0.25) is 5.91 Å². The lowest BCUT2D eigenvalue weighted by Crippen LogP contribution is -2.50. The van der Waals surface area contributed by atoms with Crippen molar-refractivity contribution in [2.45, 2.75) is 37.3 Å². The van der Waals surface area contributed by atoms with Crippen LogP contribution in [-0.2, 0) is 15.0 Å². The number of aliphatic hydroxyl groups excluding tert-OH is 1. The number of amides is 1. The number of aliphatic hydroxyl groups is 1. The van der Waals surface area contributed by atoms with Crippen LogP contribution in [0.5, 0.6) is 0 Å². The average molecular weight is 263 g/mol. The molecule has 0 radical (unpaired) electrons. The van der Waals surface area contributed by atoms with E-state index >= 15 is 0 Å². The first kappa shape index (κ1) is 13.5. The normalized spacial score (nSPS) is 19.3. The Bertz CT molecular complexity index is 479. The van der Waals surface area contributed by atoms with E-state index in [1.165, 1.54) is 6.92 Å². The molecule has 0 saturated heterocycles. The van der Waals surface area contributed by atoms with E-state index < -0.39 is 23.5 Å². The standard InChI is InChI=1S/C14H17NO4/c1-9(16)11(12(17)18)15-13(19)14(7-8-14)10-5-3-2-4-6-10/h2-6,9,11,16H,7-8H2,1H3,(H,15,19)(H,17,18)/t9-,11+/m1/s1. The largest absolute Gasteiger partial charge is 0.480 e. The van der Waals surface area contributed by atoms with Gasteiger partial charge in [0, 0.05) is 0 Å². The predicted octanol–water partition coefficient (Wildman–Crippen LogP) is 0.668. The molecule has 2 rings (SSSR count). The SMILES string of the molecule is C[C@@H](O)[C@H](NC(=O)C1(c2ccccc2)CC1)C(=O)O. The Morgan fingerprint density at radius 2 is 1.84 bits per heavy atom. The summed E-state index contributed by atoms with van der Waals surface area (Å²) in [4.78, 5) is 23.2. The Morgan fingerprint density at radius 3 is 2.26 bits per heavy atom. The van der Waals surface area contributed by atoms with Crippen LogP contribution in [0.3, 0.4) is 0 Å². The summed E-state index contributed by atoms with van der Waals surface area (Å²) in [7, 11) is 0. The first-order chi connectivity index (χ1) is 8.97. The molecular weight excluding hydrogens is 246 g/mol. The molecule has 1 amide bonds. The Labute approximate surface area is 111 Å². The molecule has 3 N–H and O–H groups in total. The van der Waals surface area contributed by atoms with Crippen molar-refractivity contribution >= 4 is 11.9 Å². The number of rotatable bonds is 5. The van der Waals surface area contributed by atoms with Crippen LogP contribution in [0.2, 0.25) is 0 Å². The highest BCUT2D eigenvalue weighted by atomic mass is 16.4. The van der Waals surface area contributed by atoms with Crippen LogP contribution in [0, 0.1) is 0 Å². The monoisotopic (exact) mass is 263 g/mol. The molecular formula is C14H17NO4. The van der Waals surface area contributed by atoms with Gasteiger partial charge in [-0.2, -0.15) is 0 Å². The van der Waals surface area contributed by atoms with Gasteiger partial charge >= 0.3 is 5.97 Å². The van der Waals surface area contributed by atoms with Crippen molar-refractivity contribution in [1.29, 1.82) is 0 Å². The minimum Gasteiger partial charge on any atom is -0.480 e. The van der Waals surface area contributed by atoms with Crippen molar-refractivity contribution in [2.24, 2.45) is 0 Å². The minimum absolute atomic E-state index is 0.327. The number of carboxylic acids is 1. The summed E-state index contributed by atoms with van der Waals surface area (Å²) in [6, 6.07) is 8.04. The lowest BCUT2D eigenvalue weighted by atomic mass is 9.94. The van der Waals surface area contributed by atoms with Crippen LogP contribution in [0.15, 0.2) is 30.3 Å². The second-order valence-electron chi connectivity index (χ2n) is 4.98. The number of benzene rings is 1. The summed E-state index contributed by atoms with van der Waals surface area (Å²) in [5.74, 6) is -1.56. The predicted molar refractivity (Wildman–Crippen MR) is 68.6 cm³/mol. The number of nitrogens with one attached hydrogen (secondary N) is 1. The van der Waals surface area contributed by atoms with Crippen LogP contribution in [0.1, 0.15) is 25.3 Å². The fourth-order valence-electron chi connectivity index (χ4n) is 2.20. The van der Waals surface area contributed by atoms with Crippen molar-refractivity contribution < 1.29 is 19.8 Å². The van der Waals surface area contributed by atoms with Crippen LogP contribution in [0.4, 0.5) is 0 Å². The molecule has 5 nitrogen and oxygen atoms in total. The van der Waals surface area contributed by atoms with Gasteiger partial charge in [-0.15, -0.1) is 0 Å². The molecule has 0 unspecified atom stereocenters. The Balaban J connectivity index is 2.14. The third-order valence-corrected chi connectivity index (χ3v) is 3.55. The molecule has 1 saturated carbocycles. The second-order valence-corrected chi connectivity index (χ2v) is 4.98. The maximum atomic E-state index is 12.3. The van der Waals surface area contributed by atoms with E-state index in [-0.39, 0.29) is 5.91 Å². The van der Waals surface area contributed by atoms with E-state index in [9.17, 15) is 14.7 Å². The highest BCUT2D eigenvalue weighted by Crippen LogP contribution is 2.48. The average Bonchev–Trinajstić information content (AvgIpc) is 3.17. The van der Waals surface area contributed by atoms with E-state index in [1.807, 2.05) is 30.3 Å². The van der Waals surface area contributed by atoms with Gasteiger partial charge < -0.3 is 15.5 Å². The van der Waals surface area contributed by atoms with Gasteiger partial charge in [-0.3, -0.25) is 4.79 Å². The van der Waals surface area contributed by atoms with Gasteiger partial charge in [0.1, 0.15) is 0 Å². The molecule has 102 valence electrons. The molecule has 1 aromatic carbocycles. The van der Waals surface area contributed by atoms with Gasteiger partial charge in [0.15, 0.2) is 6.04 Å². The summed E-state index contributed by atoms with van der Waals surface area (Å²) in [5.41, 5.74) is 0.270. The summed E-state index contributed by atoms with van der Waals surface area (Å²) in [6.07, 6.45) is 0.275. The van der Waals surface area contributed by atoms with Crippen LogP contribution < -0.4 is 5.32 Å². The van der Waals surface area contributed by atoms with E-state index in [4.69, 9.17) is 5.11 Å². The van der Waals surface area contributed by atoms with Crippen molar-refractivity contribution in [2.75, 3.05) is 0 Å². The topological polar surface area (TPSA) is 86.6 Å². The fourth-order valence-corrected chi connectivity index (χ4v) is 2.20. The van der Waals surface area contributed by atoms with Crippen LogP contribution in [0.25, 0.3) is 0 Å². The molecule has 0 bridgehead atoms. The Morgan fingerprint density at radius 1 is 1.26 bits per heavy atom. The van der Waals surface area contributed by atoms with Crippen molar-refractivity contribution in [3.8, 4) is 0 Å². The quantitative estimate of drug-likeness (QED) is 0.728. The van der Waals surface area contributed by atoms with Crippen molar-refractivity contribution in [3.05, 3.63) is 35.9 Å². The maximum absolute atomic E-state index is 12.3. The van der Waals surface area contributed by atoms with Gasteiger partial charge in [-0.1, -0.05) is 30.3 Å². The third kappa shape index (κ3) is 2.61. The first-order valence-corrected chi connectivity index (χ1v) is 6.25. The molecule has 5 heteroatoms. The molecule has 2 atom stereocenters. The summed E-state index contributed by atoms with van der Waals surface area (Å²) in [5, 5.41) is 20.8. The number of carboxylic acid groups (broad SMARTS) is 1. The number of carbonyl (C=O) groups is 2. The number of aliphatic carboxylic acids is 1. The highest BCUT2D eigenvalue weighted by molar-refractivity contribution is 5.94. The second kappa shape index (κ2) is 5.01. The third-order valence-electron chi connectivity index (χ3n) is 3.55. The molecule has 1 aliphatic carbocycles. The maximum Gasteiger partial charge on any atom is 0.328 e. The van der Waals surface area contributed by atoms with Gasteiger partial charge in [-0.05, 0) is 25.3 Å². The zero-order valence-electron chi connectivity index (χ0n) is 10.7. The molecule has 1 aromatic rings. The number of hydrogen-bond acceptors (Lipinski definition) is 3. The van der Waals surface area contributed by atoms with Crippen molar-refractivity contribution in [1.82, 2.24) is 5.32 Å². The highest BCUT2D eigenvalue weighted by Gasteiger charge is 2.52. The molecule has 0 heterocycles. The van der Waals surface area contributed by atoms with Crippen LogP contribution in [-0.4, -0.2) is 34.2 Å². The molecule has 1 fully saturated rings. The smallest absolute Gasteiger partial charge is 0.328 e. The van der Waals surface area contributed by atoms with E-state index in [1.54, 1.807) is 0 Å². The summed E-state index contributed by atoms with van der Waals surface area (Å²) >= 11 is 0. The zero-order chi connectivity index (χ0) is 14.0. The van der Waals surface area contributed by atoms with Gasteiger partial charge in [-0.25, -0.2) is 4.79 Å². The van der Waals surface area contributed by atoms with E-state index in [2.05, 4.69) is 5.32 Å². The molecule has 0 spiro atoms. The lowest BCUT2D eigenvalue weighted by molar-refractivity contribution is -0.145. The van der Waals surface area contributed by atoms with E-state index in [0.717, 1.165) is 5.56 Å². The Hall–Kier alpha value is -1.88. The van der Waals surface area contributed by atoms with Gasteiger partial charge in [0.25, 0.3) is 0 Å². The molecule has 1 aliphatic rings. The van der Waals surface area contributed by atoms with Crippen LogP contribution >= 0.6 is 0 Å². The van der Waals surface area contributed by atoms with Crippen molar-refractivity contribution in [3.63, 3.8) is 0 Å². The molecule has 0 aliphatic heterocycles. The summed E-state index contributed by atoms with van der Waals surface area (Å²) < 4.78 is 0.